The van der Waals surface area contributed by atoms with Gasteiger partial charge in [-0.15, -0.1) is 0 Å². The lowest BCUT2D eigenvalue weighted by molar-refractivity contribution is 0.0109. The molecular weight excluding hydrogens is 284 g/mol. The molecule has 0 saturated carbocycles. The van der Waals surface area contributed by atoms with Crippen LogP contribution in [-0.2, 0) is 4.74 Å². The summed E-state index contributed by atoms with van der Waals surface area (Å²) in [6.07, 6.45) is 1.77. The first-order valence-corrected chi connectivity index (χ1v) is 6.47. The molecule has 1 unspecified atom stereocenters. The summed E-state index contributed by atoms with van der Waals surface area (Å²) in [5.74, 6) is 0.671. The van der Waals surface area contributed by atoms with E-state index in [0.717, 1.165) is 36.5 Å². The Morgan fingerprint density at radius 2 is 2.47 bits per heavy atom. The van der Waals surface area contributed by atoms with Crippen LogP contribution >= 0.6 is 15.9 Å². The lowest BCUT2D eigenvalue weighted by atomic mass is 10.2. The molecule has 2 heterocycles. The minimum atomic E-state index is 0.385. The number of halogens is 1. The second-order valence-electron chi connectivity index (χ2n) is 4.22. The van der Waals surface area contributed by atoms with Gasteiger partial charge in [0.1, 0.15) is 0 Å². The Morgan fingerprint density at radius 1 is 1.65 bits per heavy atom. The molecule has 0 bridgehead atoms. The fourth-order valence-electron chi connectivity index (χ4n) is 1.70. The minimum absolute atomic E-state index is 0.385. The van der Waals surface area contributed by atoms with Gasteiger partial charge in [-0.25, -0.2) is 9.97 Å². The Labute approximate surface area is 110 Å². The molecule has 1 aliphatic heterocycles. The molecular formula is C11H17BrN4O. The quantitative estimate of drug-likeness (QED) is 0.912. The first-order chi connectivity index (χ1) is 8.16. The highest BCUT2D eigenvalue weighted by molar-refractivity contribution is 9.10. The third kappa shape index (κ3) is 3.37. The summed E-state index contributed by atoms with van der Waals surface area (Å²) in [5.41, 5.74) is 0.941. The number of anilines is 1. The summed E-state index contributed by atoms with van der Waals surface area (Å²) in [7, 11) is 2.11. The van der Waals surface area contributed by atoms with Gasteiger partial charge in [-0.05, 0) is 29.9 Å². The van der Waals surface area contributed by atoms with Crippen LogP contribution in [0.15, 0.2) is 10.7 Å². The highest BCUT2D eigenvalue weighted by Gasteiger charge is 2.19. The summed E-state index contributed by atoms with van der Waals surface area (Å²) in [4.78, 5) is 10.9. The van der Waals surface area contributed by atoms with E-state index in [1.165, 1.54) is 0 Å². The van der Waals surface area contributed by atoms with E-state index in [-0.39, 0.29) is 0 Å². The summed E-state index contributed by atoms with van der Waals surface area (Å²) in [5, 5.41) is 3.25. The number of aryl methyl sites for hydroxylation is 1. The van der Waals surface area contributed by atoms with Crippen LogP contribution in [0.1, 0.15) is 5.69 Å². The maximum Gasteiger partial charge on any atom is 0.222 e. The van der Waals surface area contributed by atoms with E-state index in [1.54, 1.807) is 6.20 Å². The van der Waals surface area contributed by atoms with Crippen molar-refractivity contribution >= 4 is 21.9 Å². The molecule has 0 radical (unpaired) electrons. The van der Waals surface area contributed by atoms with Crippen molar-refractivity contribution < 1.29 is 4.74 Å². The van der Waals surface area contributed by atoms with Gasteiger partial charge in [0.05, 0.1) is 29.4 Å². The lowest BCUT2D eigenvalue weighted by Crippen LogP contribution is -2.46. The van der Waals surface area contributed by atoms with Crippen LogP contribution in [0.2, 0.25) is 0 Å². The summed E-state index contributed by atoms with van der Waals surface area (Å²) >= 11 is 3.39. The third-order valence-corrected chi connectivity index (χ3v) is 3.72. The number of morpholine rings is 1. The molecule has 6 heteroatoms. The van der Waals surface area contributed by atoms with E-state index >= 15 is 0 Å². The fraction of sp³-hybridized carbons (Fsp3) is 0.636. The standard InChI is InChI=1S/C11H17BrN4O/c1-8-10(12)6-14-11(15-8)13-5-9-7-17-4-3-16(9)2/h6,9H,3-5,7H2,1-2H3,(H,13,14,15). The van der Waals surface area contributed by atoms with Gasteiger partial charge < -0.3 is 10.1 Å². The van der Waals surface area contributed by atoms with Crippen LogP contribution in [0.4, 0.5) is 5.95 Å². The fourth-order valence-corrected chi connectivity index (χ4v) is 1.89. The van der Waals surface area contributed by atoms with Crippen LogP contribution < -0.4 is 5.32 Å². The molecule has 94 valence electrons. The van der Waals surface area contributed by atoms with Gasteiger partial charge in [-0.1, -0.05) is 0 Å². The van der Waals surface area contributed by atoms with Gasteiger partial charge in [-0.3, -0.25) is 4.90 Å². The Hall–Kier alpha value is -0.720. The highest BCUT2D eigenvalue weighted by atomic mass is 79.9. The van der Waals surface area contributed by atoms with E-state index in [0.29, 0.717) is 12.0 Å². The number of nitrogens with one attached hydrogen (secondary N) is 1. The van der Waals surface area contributed by atoms with Crippen molar-refractivity contribution in [2.45, 2.75) is 13.0 Å². The molecule has 1 fully saturated rings. The van der Waals surface area contributed by atoms with Crippen molar-refractivity contribution in [1.29, 1.82) is 0 Å². The van der Waals surface area contributed by atoms with Crippen molar-refractivity contribution in [2.75, 3.05) is 38.7 Å². The zero-order chi connectivity index (χ0) is 12.3. The number of hydrogen-bond donors (Lipinski definition) is 1. The smallest absolute Gasteiger partial charge is 0.222 e. The second-order valence-corrected chi connectivity index (χ2v) is 5.07. The van der Waals surface area contributed by atoms with E-state index in [1.807, 2.05) is 6.92 Å². The molecule has 17 heavy (non-hydrogen) atoms. The van der Waals surface area contributed by atoms with Crippen LogP contribution in [-0.4, -0.2) is 54.3 Å². The number of hydrogen-bond acceptors (Lipinski definition) is 5. The van der Waals surface area contributed by atoms with Crippen molar-refractivity contribution in [3.8, 4) is 0 Å². The van der Waals surface area contributed by atoms with Gasteiger partial charge in [0, 0.05) is 19.3 Å². The molecule has 1 N–H and O–H groups in total. The molecule has 0 aromatic carbocycles. The maximum atomic E-state index is 5.45. The predicted octanol–water partition coefficient (Wildman–Crippen LogP) is 1.29. The molecule has 1 aromatic heterocycles. The van der Waals surface area contributed by atoms with Crippen molar-refractivity contribution in [3.63, 3.8) is 0 Å². The SMILES string of the molecule is Cc1nc(NCC2COCCN2C)ncc1Br. The van der Waals surface area contributed by atoms with Gasteiger partial charge in [0.25, 0.3) is 0 Å². The molecule has 0 amide bonds. The first kappa shape index (κ1) is 12.7. The van der Waals surface area contributed by atoms with Gasteiger partial charge >= 0.3 is 0 Å². The molecule has 1 atom stereocenters. The van der Waals surface area contributed by atoms with Crippen molar-refractivity contribution in [1.82, 2.24) is 14.9 Å². The molecule has 2 rings (SSSR count). The van der Waals surface area contributed by atoms with Crippen LogP contribution in [0.3, 0.4) is 0 Å². The third-order valence-electron chi connectivity index (χ3n) is 2.94. The molecule has 5 nitrogen and oxygen atoms in total. The summed E-state index contributed by atoms with van der Waals surface area (Å²) < 4.78 is 6.39. The Balaban J connectivity index is 1.90. The van der Waals surface area contributed by atoms with Crippen LogP contribution in [0.5, 0.6) is 0 Å². The van der Waals surface area contributed by atoms with Gasteiger partial charge in [0.15, 0.2) is 0 Å². The monoisotopic (exact) mass is 300 g/mol. The Kier molecular flexibility index (Phi) is 4.31. The van der Waals surface area contributed by atoms with E-state index < -0.39 is 0 Å². The second kappa shape index (κ2) is 5.75. The molecule has 0 aliphatic carbocycles. The molecule has 0 spiro atoms. The molecule has 1 aliphatic rings. The number of rotatable bonds is 3. The zero-order valence-corrected chi connectivity index (χ0v) is 11.7. The van der Waals surface area contributed by atoms with E-state index in [4.69, 9.17) is 4.74 Å². The number of aromatic nitrogens is 2. The number of ether oxygens (including phenoxy) is 1. The van der Waals surface area contributed by atoms with Crippen LogP contribution in [0.25, 0.3) is 0 Å². The van der Waals surface area contributed by atoms with E-state index in [2.05, 4.69) is 43.2 Å². The first-order valence-electron chi connectivity index (χ1n) is 5.68. The topological polar surface area (TPSA) is 50.3 Å². The van der Waals surface area contributed by atoms with Crippen molar-refractivity contribution in [2.24, 2.45) is 0 Å². The highest BCUT2D eigenvalue weighted by Crippen LogP contribution is 2.13. The lowest BCUT2D eigenvalue weighted by Gasteiger charge is -2.32. The zero-order valence-electron chi connectivity index (χ0n) is 10.1. The predicted molar refractivity (Wildman–Crippen MR) is 70.2 cm³/mol. The Morgan fingerprint density at radius 3 is 3.18 bits per heavy atom. The molecule has 1 aromatic rings. The summed E-state index contributed by atoms with van der Waals surface area (Å²) in [6.45, 7) is 5.32. The number of likely N-dealkylation sites (N-methyl/N-ethyl adjacent to an activating group) is 1. The maximum absolute atomic E-state index is 5.45. The van der Waals surface area contributed by atoms with Crippen molar-refractivity contribution in [3.05, 3.63) is 16.4 Å². The Bertz CT molecular complexity index is 388. The normalized spacial score (nSPS) is 21.5. The van der Waals surface area contributed by atoms with E-state index in [9.17, 15) is 0 Å². The van der Waals surface area contributed by atoms with Crippen LogP contribution in [0, 0.1) is 6.92 Å². The molecule has 1 saturated heterocycles. The average molecular weight is 301 g/mol. The van der Waals surface area contributed by atoms with Gasteiger partial charge in [0.2, 0.25) is 5.95 Å². The minimum Gasteiger partial charge on any atom is -0.378 e. The number of nitrogens with zero attached hydrogens (tertiary/aromatic N) is 3. The van der Waals surface area contributed by atoms with Gasteiger partial charge in [-0.2, -0.15) is 0 Å². The summed E-state index contributed by atoms with van der Waals surface area (Å²) in [6, 6.07) is 0.385. The largest absolute Gasteiger partial charge is 0.378 e. The average Bonchev–Trinajstić information content (AvgIpc) is 2.32.